The fourth-order valence-electron chi connectivity index (χ4n) is 1.74. The fourth-order valence-corrected chi connectivity index (χ4v) is 2.49. The third-order valence-electron chi connectivity index (χ3n) is 2.68. The van der Waals surface area contributed by atoms with Crippen LogP contribution in [0.3, 0.4) is 0 Å². The zero-order valence-electron chi connectivity index (χ0n) is 12.5. The fraction of sp³-hybridized carbons (Fsp3) is 0.200. The van der Waals surface area contributed by atoms with E-state index in [2.05, 4.69) is 21.5 Å². The van der Waals surface area contributed by atoms with Gasteiger partial charge in [0.15, 0.2) is 0 Å². The molecule has 0 bridgehead atoms. The van der Waals surface area contributed by atoms with Crippen molar-refractivity contribution in [1.29, 1.82) is 0 Å². The predicted octanol–water partition coefficient (Wildman–Crippen LogP) is 2.11. The van der Waals surface area contributed by atoms with Gasteiger partial charge in [-0.25, -0.2) is 0 Å². The van der Waals surface area contributed by atoms with Crippen molar-refractivity contribution in [2.45, 2.75) is 10.1 Å². The molecular formula is C15H16N4O3S. The van der Waals surface area contributed by atoms with Crippen LogP contribution in [0.25, 0.3) is 0 Å². The van der Waals surface area contributed by atoms with Crippen LogP contribution < -0.4 is 9.64 Å². The third-order valence-corrected chi connectivity index (χ3v) is 3.55. The molecule has 0 unspecified atom stereocenters. The average molecular weight is 332 g/mol. The van der Waals surface area contributed by atoms with Crippen LogP contribution in [0.1, 0.15) is 0 Å². The van der Waals surface area contributed by atoms with Crippen molar-refractivity contribution in [3.8, 4) is 6.01 Å². The first-order chi connectivity index (χ1) is 11.1. The van der Waals surface area contributed by atoms with Gasteiger partial charge < -0.3 is 14.7 Å². The number of carboxylic acid groups (broad SMARTS) is 1. The maximum absolute atomic E-state index is 11.0. The van der Waals surface area contributed by atoms with Crippen LogP contribution in [-0.2, 0) is 4.79 Å². The Kier molecular flexibility index (Phi) is 5.93. The van der Waals surface area contributed by atoms with Gasteiger partial charge in [-0.2, -0.15) is 15.0 Å². The SMILES string of the molecule is C=CCN(CC(=O)O)c1nc(OC)nc(Sc2ccccc2)n1. The van der Waals surface area contributed by atoms with Crippen molar-refractivity contribution >= 4 is 23.7 Å². The zero-order valence-corrected chi connectivity index (χ0v) is 13.4. The normalized spacial score (nSPS) is 10.1. The summed E-state index contributed by atoms with van der Waals surface area (Å²) in [6.45, 7) is 3.68. The molecule has 2 aromatic rings. The van der Waals surface area contributed by atoms with E-state index in [9.17, 15) is 4.79 Å². The second-order valence-electron chi connectivity index (χ2n) is 4.38. The highest BCUT2D eigenvalue weighted by atomic mass is 32.2. The second-order valence-corrected chi connectivity index (χ2v) is 5.42. The van der Waals surface area contributed by atoms with Gasteiger partial charge >= 0.3 is 12.0 Å². The molecule has 0 aliphatic rings. The molecule has 0 spiro atoms. The number of hydrogen-bond donors (Lipinski definition) is 1. The lowest BCUT2D eigenvalue weighted by atomic mass is 10.4. The molecule has 2 rings (SSSR count). The molecule has 0 atom stereocenters. The second kappa shape index (κ2) is 8.14. The Morgan fingerprint density at radius 1 is 1.35 bits per heavy atom. The van der Waals surface area contributed by atoms with Crippen LogP contribution in [0.4, 0.5) is 5.95 Å². The van der Waals surface area contributed by atoms with E-state index < -0.39 is 5.97 Å². The molecule has 0 fully saturated rings. The summed E-state index contributed by atoms with van der Waals surface area (Å²) < 4.78 is 5.09. The maximum atomic E-state index is 11.0. The molecule has 7 nitrogen and oxygen atoms in total. The minimum atomic E-state index is -0.983. The topological polar surface area (TPSA) is 88.4 Å². The Hall–Kier alpha value is -2.61. The molecule has 1 aromatic carbocycles. The minimum Gasteiger partial charge on any atom is -0.480 e. The maximum Gasteiger partial charge on any atom is 0.323 e. The number of rotatable bonds is 8. The molecular weight excluding hydrogens is 316 g/mol. The van der Waals surface area contributed by atoms with E-state index in [4.69, 9.17) is 9.84 Å². The Balaban J connectivity index is 2.33. The number of carbonyl (C=O) groups is 1. The molecule has 0 saturated heterocycles. The standard InChI is InChI=1S/C15H16N4O3S/c1-3-9-19(10-12(20)21)13-16-14(22-2)18-15(17-13)23-11-7-5-4-6-8-11/h3-8H,1,9-10H2,2H3,(H,20,21). The summed E-state index contributed by atoms with van der Waals surface area (Å²) in [5, 5.41) is 9.45. The van der Waals surface area contributed by atoms with E-state index >= 15 is 0 Å². The van der Waals surface area contributed by atoms with E-state index in [0.29, 0.717) is 11.7 Å². The van der Waals surface area contributed by atoms with Gasteiger partial charge in [-0.1, -0.05) is 24.3 Å². The Labute approximate surface area is 138 Å². The molecule has 0 radical (unpaired) electrons. The van der Waals surface area contributed by atoms with Crippen molar-refractivity contribution < 1.29 is 14.6 Å². The van der Waals surface area contributed by atoms with Crippen molar-refractivity contribution in [3.63, 3.8) is 0 Å². The highest BCUT2D eigenvalue weighted by Gasteiger charge is 2.16. The third kappa shape index (κ3) is 4.96. The molecule has 1 heterocycles. The summed E-state index contributed by atoms with van der Waals surface area (Å²) in [6, 6.07) is 9.74. The molecule has 120 valence electrons. The highest BCUT2D eigenvalue weighted by molar-refractivity contribution is 7.99. The Bertz CT molecular complexity index is 682. The van der Waals surface area contributed by atoms with E-state index in [1.165, 1.54) is 23.8 Å². The zero-order chi connectivity index (χ0) is 16.7. The summed E-state index contributed by atoms with van der Waals surface area (Å²) in [6.07, 6.45) is 1.59. The van der Waals surface area contributed by atoms with Gasteiger partial charge in [0.2, 0.25) is 11.1 Å². The minimum absolute atomic E-state index is 0.132. The average Bonchev–Trinajstić information content (AvgIpc) is 2.54. The van der Waals surface area contributed by atoms with Crippen LogP contribution in [0.2, 0.25) is 0 Å². The van der Waals surface area contributed by atoms with Gasteiger partial charge in [0, 0.05) is 11.4 Å². The summed E-state index contributed by atoms with van der Waals surface area (Å²) in [4.78, 5) is 26.1. The number of carboxylic acids is 1. The van der Waals surface area contributed by atoms with Crippen molar-refractivity contribution in [2.75, 3.05) is 25.1 Å². The summed E-state index contributed by atoms with van der Waals surface area (Å²) in [5.74, 6) is -0.749. The molecule has 0 aliphatic heterocycles. The van der Waals surface area contributed by atoms with E-state index in [1.54, 1.807) is 6.08 Å². The number of methoxy groups -OCH3 is 1. The quantitative estimate of drug-likeness (QED) is 0.735. The van der Waals surface area contributed by atoms with Gasteiger partial charge in [-0.05, 0) is 23.9 Å². The number of aliphatic carboxylic acids is 1. The number of benzene rings is 1. The molecule has 8 heteroatoms. The summed E-state index contributed by atoms with van der Waals surface area (Å²) in [7, 11) is 1.45. The van der Waals surface area contributed by atoms with Gasteiger partial charge in [0.1, 0.15) is 6.54 Å². The van der Waals surface area contributed by atoms with Crippen LogP contribution in [0.5, 0.6) is 6.01 Å². The number of aromatic nitrogens is 3. The van der Waals surface area contributed by atoms with Crippen molar-refractivity contribution in [2.24, 2.45) is 0 Å². The number of anilines is 1. The summed E-state index contributed by atoms with van der Waals surface area (Å²) in [5.41, 5.74) is 0. The number of hydrogen-bond acceptors (Lipinski definition) is 7. The number of nitrogens with zero attached hydrogens (tertiary/aromatic N) is 4. The molecule has 0 saturated carbocycles. The number of ether oxygens (including phenoxy) is 1. The Morgan fingerprint density at radius 2 is 2.09 bits per heavy atom. The monoisotopic (exact) mass is 332 g/mol. The summed E-state index contributed by atoms with van der Waals surface area (Å²) >= 11 is 1.34. The van der Waals surface area contributed by atoms with Crippen molar-refractivity contribution in [1.82, 2.24) is 15.0 Å². The van der Waals surface area contributed by atoms with Gasteiger partial charge in [-0.15, -0.1) is 6.58 Å². The van der Waals surface area contributed by atoms with E-state index in [1.807, 2.05) is 30.3 Å². The molecule has 1 N–H and O–H groups in total. The molecule has 23 heavy (non-hydrogen) atoms. The largest absolute Gasteiger partial charge is 0.480 e. The van der Waals surface area contributed by atoms with Gasteiger partial charge in [0.05, 0.1) is 7.11 Å². The lowest BCUT2D eigenvalue weighted by molar-refractivity contribution is -0.135. The van der Waals surface area contributed by atoms with Crippen LogP contribution >= 0.6 is 11.8 Å². The van der Waals surface area contributed by atoms with Gasteiger partial charge in [0.25, 0.3) is 0 Å². The first-order valence-corrected chi connectivity index (χ1v) is 7.54. The molecule has 1 aromatic heterocycles. The molecule has 0 amide bonds. The van der Waals surface area contributed by atoms with Gasteiger partial charge in [-0.3, -0.25) is 4.79 Å². The lowest BCUT2D eigenvalue weighted by Crippen LogP contribution is -2.31. The van der Waals surface area contributed by atoms with E-state index in [-0.39, 0.29) is 18.5 Å². The Morgan fingerprint density at radius 3 is 2.70 bits per heavy atom. The van der Waals surface area contributed by atoms with Crippen molar-refractivity contribution in [3.05, 3.63) is 43.0 Å². The molecule has 0 aliphatic carbocycles. The highest BCUT2D eigenvalue weighted by Crippen LogP contribution is 2.26. The lowest BCUT2D eigenvalue weighted by Gasteiger charge is -2.19. The first-order valence-electron chi connectivity index (χ1n) is 6.73. The van der Waals surface area contributed by atoms with Crippen LogP contribution in [0, 0.1) is 0 Å². The first kappa shape index (κ1) is 16.8. The van der Waals surface area contributed by atoms with E-state index in [0.717, 1.165) is 4.90 Å². The predicted molar refractivity (Wildman–Crippen MR) is 87.0 cm³/mol. The van der Waals surface area contributed by atoms with Crippen LogP contribution in [0.15, 0.2) is 53.0 Å². The smallest absolute Gasteiger partial charge is 0.323 e. The van der Waals surface area contributed by atoms with Crippen LogP contribution in [-0.4, -0.2) is 46.2 Å².